The number of carboxylic acids is 3. The molecule has 5 unspecified atom stereocenters. The van der Waals surface area contributed by atoms with Crippen molar-refractivity contribution in [2.45, 2.75) is 83.0 Å². The average molecular weight is 504 g/mol. The van der Waals surface area contributed by atoms with E-state index in [4.69, 9.17) is 21.7 Å². The molecule has 5 atom stereocenters. The Hall–Kier alpha value is -3.26. The molecule has 0 aromatic rings. The molecule has 0 spiro atoms. The van der Waals surface area contributed by atoms with Crippen LogP contribution in [0, 0.1) is 5.92 Å². The SMILES string of the molecule is CCC(C)C(NC(=O)C(CCC(=O)O)NC(=O)C(N)CCCCN)C(=O)NC(CC(=O)O)C(=O)O. The first kappa shape index (κ1) is 31.7. The Labute approximate surface area is 203 Å². The zero-order valence-corrected chi connectivity index (χ0v) is 20.0. The van der Waals surface area contributed by atoms with E-state index in [0.29, 0.717) is 32.2 Å². The summed E-state index contributed by atoms with van der Waals surface area (Å²) in [5.74, 6) is -7.19. The van der Waals surface area contributed by atoms with Crippen LogP contribution in [-0.4, -0.2) is 81.7 Å². The third-order valence-corrected chi connectivity index (χ3v) is 5.37. The number of nitrogens with two attached hydrogens (primary N) is 2. The van der Waals surface area contributed by atoms with Gasteiger partial charge in [-0.3, -0.25) is 24.0 Å². The molecule has 0 heterocycles. The third kappa shape index (κ3) is 12.7. The van der Waals surface area contributed by atoms with Gasteiger partial charge in [0.25, 0.3) is 0 Å². The summed E-state index contributed by atoms with van der Waals surface area (Å²) in [6.07, 6.45) is 0.293. The summed E-state index contributed by atoms with van der Waals surface area (Å²) in [5, 5.41) is 34.0. The lowest BCUT2D eigenvalue weighted by Crippen LogP contribution is -2.58. The van der Waals surface area contributed by atoms with Crippen LogP contribution in [0.5, 0.6) is 0 Å². The highest BCUT2D eigenvalue weighted by Gasteiger charge is 2.33. The molecule has 0 radical (unpaired) electrons. The maximum absolute atomic E-state index is 12.9. The van der Waals surface area contributed by atoms with Crippen molar-refractivity contribution in [1.29, 1.82) is 0 Å². The van der Waals surface area contributed by atoms with Gasteiger partial charge in [-0.15, -0.1) is 0 Å². The highest BCUT2D eigenvalue weighted by atomic mass is 16.4. The Morgan fingerprint density at radius 2 is 1.40 bits per heavy atom. The lowest BCUT2D eigenvalue weighted by molar-refractivity contribution is -0.147. The summed E-state index contributed by atoms with van der Waals surface area (Å²) >= 11 is 0. The minimum Gasteiger partial charge on any atom is -0.481 e. The average Bonchev–Trinajstić information content (AvgIpc) is 2.78. The molecule has 3 amide bonds. The van der Waals surface area contributed by atoms with E-state index in [1.165, 1.54) is 0 Å². The maximum Gasteiger partial charge on any atom is 0.326 e. The Morgan fingerprint density at radius 1 is 0.800 bits per heavy atom. The van der Waals surface area contributed by atoms with Gasteiger partial charge in [-0.1, -0.05) is 26.7 Å². The highest BCUT2D eigenvalue weighted by molar-refractivity contribution is 5.95. The fraction of sp³-hybridized carbons (Fsp3) is 0.714. The van der Waals surface area contributed by atoms with Crippen molar-refractivity contribution in [3.63, 3.8) is 0 Å². The minimum atomic E-state index is -1.72. The molecule has 0 fully saturated rings. The number of amides is 3. The second-order valence-corrected chi connectivity index (χ2v) is 8.25. The Bertz CT molecular complexity index is 761. The summed E-state index contributed by atoms with van der Waals surface area (Å²) < 4.78 is 0. The van der Waals surface area contributed by atoms with Crippen LogP contribution >= 0.6 is 0 Å². The van der Waals surface area contributed by atoms with Crippen molar-refractivity contribution in [1.82, 2.24) is 16.0 Å². The van der Waals surface area contributed by atoms with Crippen LogP contribution < -0.4 is 27.4 Å². The molecular weight excluding hydrogens is 466 g/mol. The lowest BCUT2D eigenvalue weighted by Gasteiger charge is -2.28. The first-order valence-electron chi connectivity index (χ1n) is 11.4. The number of unbranched alkanes of at least 4 members (excludes halogenated alkanes) is 1. The van der Waals surface area contributed by atoms with Crippen molar-refractivity contribution in [2.75, 3.05) is 6.54 Å². The molecule has 0 aromatic heterocycles. The highest BCUT2D eigenvalue weighted by Crippen LogP contribution is 2.11. The molecule has 0 saturated carbocycles. The topological polar surface area (TPSA) is 251 Å². The molecule has 14 nitrogen and oxygen atoms in total. The maximum atomic E-state index is 12.9. The molecular formula is C21H37N5O9. The van der Waals surface area contributed by atoms with E-state index in [1.54, 1.807) is 13.8 Å². The Morgan fingerprint density at radius 3 is 1.89 bits per heavy atom. The molecule has 0 aliphatic rings. The Balaban J connectivity index is 5.56. The molecule has 0 rings (SSSR count). The Kier molecular flexibility index (Phi) is 14.9. The van der Waals surface area contributed by atoms with E-state index in [9.17, 15) is 33.9 Å². The van der Waals surface area contributed by atoms with Crippen LogP contribution in [0.3, 0.4) is 0 Å². The van der Waals surface area contributed by atoms with E-state index in [0.717, 1.165) is 0 Å². The third-order valence-electron chi connectivity index (χ3n) is 5.37. The van der Waals surface area contributed by atoms with Crippen molar-refractivity contribution in [3.05, 3.63) is 0 Å². The predicted octanol–water partition coefficient (Wildman–Crippen LogP) is -1.63. The smallest absolute Gasteiger partial charge is 0.326 e. The van der Waals surface area contributed by atoms with Crippen LogP contribution in [0.25, 0.3) is 0 Å². The van der Waals surface area contributed by atoms with Gasteiger partial charge in [0.15, 0.2) is 0 Å². The van der Waals surface area contributed by atoms with Crippen molar-refractivity contribution in [3.8, 4) is 0 Å². The van der Waals surface area contributed by atoms with Gasteiger partial charge in [-0.25, -0.2) is 4.79 Å². The molecule has 14 heteroatoms. The molecule has 0 aliphatic carbocycles. The number of carboxylic acid groups (broad SMARTS) is 3. The van der Waals surface area contributed by atoms with Gasteiger partial charge < -0.3 is 42.7 Å². The number of nitrogens with one attached hydrogen (secondary N) is 3. The summed E-state index contributed by atoms with van der Waals surface area (Å²) in [5.41, 5.74) is 11.2. The zero-order valence-electron chi connectivity index (χ0n) is 20.0. The first-order valence-corrected chi connectivity index (χ1v) is 11.4. The molecule has 0 bridgehead atoms. The molecule has 10 N–H and O–H groups in total. The number of aliphatic carboxylic acids is 3. The second kappa shape index (κ2) is 16.4. The molecule has 0 saturated heterocycles. The molecule has 0 aliphatic heterocycles. The van der Waals surface area contributed by atoms with Gasteiger partial charge in [0, 0.05) is 6.42 Å². The number of hydrogen-bond acceptors (Lipinski definition) is 8. The standard InChI is InChI=1S/C21H37N5O9/c1-3-11(2)17(20(33)25-14(21(34)35)10-16(29)30)26-19(32)13(7-8-15(27)28)24-18(31)12(23)6-4-5-9-22/h11-14,17H,3-10,22-23H2,1-2H3,(H,24,31)(H,25,33)(H,26,32)(H,27,28)(H,29,30)(H,34,35). The monoisotopic (exact) mass is 503 g/mol. The molecule has 35 heavy (non-hydrogen) atoms. The van der Waals surface area contributed by atoms with Crippen LogP contribution in [0.4, 0.5) is 0 Å². The van der Waals surface area contributed by atoms with Crippen LogP contribution in [0.2, 0.25) is 0 Å². The normalized spacial score (nSPS) is 15.1. The van der Waals surface area contributed by atoms with Gasteiger partial charge in [0.05, 0.1) is 12.5 Å². The quantitative estimate of drug-likeness (QED) is 0.0985. The van der Waals surface area contributed by atoms with Crippen molar-refractivity contribution < 1.29 is 44.1 Å². The zero-order chi connectivity index (χ0) is 27.1. The van der Waals surface area contributed by atoms with E-state index >= 15 is 0 Å². The summed E-state index contributed by atoms with van der Waals surface area (Å²) in [6, 6.07) is -5.28. The number of rotatable bonds is 18. The van der Waals surface area contributed by atoms with Gasteiger partial charge >= 0.3 is 17.9 Å². The lowest BCUT2D eigenvalue weighted by atomic mass is 9.97. The summed E-state index contributed by atoms with van der Waals surface area (Å²) in [4.78, 5) is 71.4. The van der Waals surface area contributed by atoms with E-state index in [-0.39, 0.29) is 6.42 Å². The van der Waals surface area contributed by atoms with E-state index in [1.807, 2.05) is 0 Å². The van der Waals surface area contributed by atoms with E-state index < -0.39 is 78.6 Å². The van der Waals surface area contributed by atoms with Gasteiger partial charge in [0.2, 0.25) is 17.7 Å². The fourth-order valence-electron chi connectivity index (χ4n) is 3.05. The van der Waals surface area contributed by atoms with Crippen LogP contribution in [-0.2, 0) is 28.8 Å². The second-order valence-electron chi connectivity index (χ2n) is 8.25. The fourth-order valence-corrected chi connectivity index (χ4v) is 3.05. The van der Waals surface area contributed by atoms with Crippen molar-refractivity contribution >= 4 is 35.6 Å². The summed E-state index contributed by atoms with van der Waals surface area (Å²) in [7, 11) is 0. The van der Waals surface area contributed by atoms with E-state index in [2.05, 4.69) is 16.0 Å². The molecule has 0 aromatic carbocycles. The first-order chi connectivity index (χ1) is 16.3. The number of carbonyl (C=O) groups is 6. The van der Waals surface area contributed by atoms with Gasteiger partial charge in [0.1, 0.15) is 18.1 Å². The van der Waals surface area contributed by atoms with Gasteiger partial charge in [-0.05, 0) is 31.7 Å². The summed E-state index contributed by atoms with van der Waals surface area (Å²) in [6.45, 7) is 3.75. The number of hydrogen-bond donors (Lipinski definition) is 8. The van der Waals surface area contributed by atoms with Crippen LogP contribution in [0.15, 0.2) is 0 Å². The number of carbonyl (C=O) groups excluding carboxylic acids is 3. The predicted molar refractivity (Wildman–Crippen MR) is 123 cm³/mol. The van der Waals surface area contributed by atoms with Crippen molar-refractivity contribution in [2.24, 2.45) is 17.4 Å². The molecule has 200 valence electrons. The minimum absolute atomic E-state index is 0.284. The van der Waals surface area contributed by atoms with Crippen LogP contribution in [0.1, 0.15) is 58.8 Å². The van der Waals surface area contributed by atoms with Gasteiger partial charge in [-0.2, -0.15) is 0 Å². The largest absolute Gasteiger partial charge is 0.481 e.